The van der Waals surface area contributed by atoms with Gasteiger partial charge in [-0.25, -0.2) is 4.79 Å². The standard InChI is InChI=1S/C41H76BrN5O14S/c1-41(2,3)61-40(53)34(47-36(49)17-15-13-11-9-7-5-4-6-8-10-12-14-16-30-62(54,55)56)18-19-35(48)45-22-24-57-26-29-60-33-39(52)46-23-25-58-27-28-59-32-38(51)44-21-20-43-37(50)31-42/h34H,4-33H2,1-3H3,(H,43,50)(H,44,51)(H,45,48)(H,46,52)(H,47,49)(H,54,55,56). The second kappa shape index (κ2) is 38.5. The molecule has 0 rings (SSSR count). The number of alkyl halides is 1. The van der Waals surface area contributed by atoms with Gasteiger partial charge in [0.05, 0.1) is 50.7 Å². The van der Waals surface area contributed by atoms with Crippen molar-refractivity contribution in [3.63, 3.8) is 0 Å². The van der Waals surface area contributed by atoms with Crippen molar-refractivity contribution in [1.29, 1.82) is 0 Å². The minimum absolute atomic E-state index is 0.000936. The van der Waals surface area contributed by atoms with Crippen molar-refractivity contribution in [3.8, 4) is 0 Å². The van der Waals surface area contributed by atoms with Crippen LogP contribution in [0.1, 0.15) is 124 Å². The Kier molecular flexibility index (Phi) is 36.7. The van der Waals surface area contributed by atoms with Crippen LogP contribution < -0.4 is 26.6 Å². The van der Waals surface area contributed by atoms with E-state index >= 15 is 0 Å². The molecule has 1 unspecified atom stereocenters. The van der Waals surface area contributed by atoms with Crippen molar-refractivity contribution in [2.75, 3.05) is 90.1 Å². The van der Waals surface area contributed by atoms with Gasteiger partial charge in [0.1, 0.15) is 24.9 Å². The van der Waals surface area contributed by atoms with Gasteiger partial charge in [0.15, 0.2) is 0 Å². The van der Waals surface area contributed by atoms with E-state index in [2.05, 4.69) is 42.5 Å². The van der Waals surface area contributed by atoms with Crippen LogP contribution in [0.3, 0.4) is 0 Å². The maximum atomic E-state index is 12.9. The zero-order chi connectivity index (χ0) is 46.3. The van der Waals surface area contributed by atoms with E-state index in [1.807, 2.05) is 0 Å². The first-order chi connectivity index (χ1) is 29.5. The Labute approximate surface area is 377 Å². The lowest BCUT2D eigenvalue weighted by Crippen LogP contribution is -2.44. The number of esters is 1. The molecule has 21 heteroatoms. The lowest BCUT2D eigenvalue weighted by molar-refractivity contribution is -0.159. The molecule has 0 aromatic rings. The third-order valence-electron chi connectivity index (χ3n) is 8.73. The summed E-state index contributed by atoms with van der Waals surface area (Å²) >= 11 is 3.03. The van der Waals surface area contributed by atoms with Crippen LogP contribution in [0.15, 0.2) is 0 Å². The largest absolute Gasteiger partial charge is 0.458 e. The van der Waals surface area contributed by atoms with E-state index in [0.717, 1.165) is 64.2 Å². The number of hydrogen-bond acceptors (Lipinski definition) is 13. The van der Waals surface area contributed by atoms with Crippen LogP contribution in [-0.4, -0.2) is 150 Å². The van der Waals surface area contributed by atoms with Crippen LogP contribution >= 0.6 is 15.9 Å². The minimum atomic E-state index is -3.85. The van der Waals surface area contributed by atoms with E-state index in [4.69, 9.17) is 28.2 Å². The Morgan fingerprint density at radius 3 is 1.42 bits per heavy atom. The van der Waals surface area contributed by atoms with Crippen molar-refractivity contribution in [2.45, 2.75) is 135 Å². The van der Waals surface area contributed by atoms with E-state index in [9.17, 15) is 37.2 Å². The molecule has 0 fully saturated rings. The number of halogens is 1. The van der Waals surface area contributed by atoms with Gasteiger partial charge < -0.3 is 50.3 Å². The Hall–Kier alpha value is -2.95. The number of unbranched alkanes of at least 4 members (excludes halogenated alkanes) is 12. The van der Waals surface area contributed by atoms with Crippen molar-refractivity contribution < 1.29 is 65.4 Å². The maximum absolute atomic E-state index is 12.9. The molecular weight excluding hydrogens is 898 g/mol. The first kappa shape index (κ1) is 59.0. The lowest BCUT2D eigenvalue weighted by atomic mass is 10.0. The molecule has 0 aliphatic carbocycles. The maximum Gasteiger partial charge on any atom is 0.329 e. The van der Waals surface area contributed by atoms with Gasteiger partial charge in [0.2, 0.25) is 29.5 Å². The summed E-state index contributed by atoms with van der Waals surface area (Å²) in [6, 6.07) is -0.952. The van der Waals surface area contributed by atoms with Gasteiger partial charge in [-0.1, -0.05) is 86.6 Å². The van der Waals surface area contributed by atoms with Crippen LogP contribution in [0, 0.1) is 0 Å². The van der Waals surface area contributed by atoms with Crippen molar-refractivity contribution >= 4 is 61.6 Å². The number of carbonyl (C=O) groups excluding carboxylic acids is 6. The molecule has 0 bridgehead atoms. The molecule has 0 aliphatic rings. The lowest BCUT2D eigenvalue weighted by Gasteiger charge is -2.24. The quantitative estimate of drug-likeness (QED) is 0.0223. The van der Waals surface area contributed by atoms with E-state index < -0.39 is 27.7 Å². The molecule has 0 heterocycles. The first-order valence-corrected chi connectivity index (χ1v) is 24.7. The van der Waals surface area contributed by atoms with Crippen LogP contribution in [0.4, 0.5) is 0 Å². The Morgan fingerprint density at radius 1 is 0.532 bits per heavy atom. The Morgan fingerprint density at radius 2 is 0.952 bits per heavy atom. The van der Waals surface area contributed by atoms with Gasteiger partial charge >= 0.3 is 5.97 Å². The Balaban J connectivity index is 3.97. The number of ether oxygens (including phenoxy) is 5. The summed E-state index contributed by atoms with van der Waals surface area (Å²) in [4.78, 5) is 72.7. The molecule has 1 atom stereocenters. The monoisotopic (exact) mass is 973 g/mol. The fraction of sp³-hybridized carbons (Fsp3) is 0.854. The second-order valence-electron chi connectivity index (χ2n) is 15.7. The van der Waals surface area contributed by atoms with E-state index in [0.29, 0.717) is 25.9 Å². The normalized spacial score (nSPS) is 12.0. The molecule has 0 saturated heterocycles. The third kappa shape index (κ3) is 42.4. The van der Waals surface area contributed by atoms with Crippen molar-refractivity contribution in [3.05, 3.63) is 0 Å². The van der Waals surface area contributed by atoms with Crippen LogP contribution in [0.25, 0.3) is 0 Å². The van der Waals surface area contributed by atoms with Gasteiger partial charge in [-0.2, -0.15) is 8.42 Å². The van der Waals surface area contributed by atoms with Gasteiger partial charge in [-0.05, 0) is 40.0 Å². The van der Waals surface area contributed by atoms with E-state index in [1.54, 1.807) is 20.8 Å². The zero-order valence-electron chi connectivity index (χ0n) is 37.3. The summed E-state index contributed by atoms with van der Waals surface area (Å²) in [6.07, 6.45) is 13.2. The molecule has 62 heavy (non-hydrogen) atoms. The highest BCUT2D eigenvalue weighted by Gasteiger charge is 2.27. The van der Waals surface area contributed by atoms with Gasteiger partial charge in [0, 0.05) is 39.0 Å². The average Bonchev–Trinajstić information content (AvgIpc) is 3.20. The highest BCUT2D eigenvalue weighted by Crippen LogP contribution is 2.14. The fourth-order valence-corrected chi connectivity index (χ4v) is 6.38. The summed E-state index contributed by atoms with van der Waals surface area (Å²) in [5, 5.41) is 13.6. The third-order valence-corrected chi connectivity index (χ3v) is 10.0. The molecule has 0 aromatic carbocycles. The number of hydrogen-bond donors (Lipinski definition) is 6. The smallest absolute Gasteiger partial charge is 0.329 e. The van der Waals surface area contributed by atoms with Crippen LogP contribution in [0.2, 0.25) is 0 Å². The number of nitrogens with one attached hydrogen (secondary N) is 5. The van der Waals surface area contributed by atoms with E-state index in [1.165, 1.54) is 6.42 Å². The first-order valence-electron chi connectivity index (χ1n) is 21.9. The van der Waals surface area contributed by atoms with Gasteiger partial charge in [0.25, 0.3) is 10.1 Å². The molecular formula is C41H76BrN5O14S. The number of carbonyl (C=O) groups is 6. The number of rotatable bonds is 41. The molecule has 0 aromatic heterocycles. The summed E-state index contributed by atoms with van der Waals surface area (Å²) in [5.74, 6) is -2.10. The number of amides is 5. The van der Waals surface area contributed by atoms with Gasteiger partial charge in [-0.3, -0.25) is 28.5 Å². The summed E-state index contributed by atoms with van der Waals surface area (Å²) in [7, 11) is -3.85. The predicted molar refractivity (Wildman–Crippen MR) is 237 cm³/mol. The van der Waals surface area contributed by atoms with Crippen LogP contribution in [0.5, 0.6) is 0 Å². The average molecular weight is 975 g/mol. The molecule has 0 aliphatic heterocycles. The molecule has 19 nitrogen and oxygen atoms in total. The Bertz CT molecular complexity index is 1350. The topological polar surface area (TPSA) is 263 Å². The highest BCUT2D eigenvalue weighted by atomic mass is 79.9. The predicted octanol–water partition coefficient (Wildman–Crippen LogP) is 2.87. The molecule has 5 amide bonds. The molecule has 362 valence electrons. The molecule has 0 radical (unpaired) electrons. The minimum Gasteiger partial charge on any atom is -0.458 e. The van der Waals surface area contributed by atoms with Crippen molar-refractivity contribution in [2.24, 2.45) is 0 Å². The SMILES string of the molecule is CC(C)(C)OC(=O)C(CCC(=O)NCCOCCOCC(=O)NCCOCCOCC(=O)NCCNC(=O)CBr)NC(=O)CCCCCCCCCCCCCCCS(=O)(=O)O. The molecule has 0 spiro atoms. The van der Waals surface area contributed by atoms with Gasteiger partial charge in [-0.15, -0.1) is 0 Å². The summed E-state index contributed by atoms with van der Waals surface area (Å²) < 4.78 is 57.0. The van der Waals surface area contributed by atoms with Crippen molar-refractivity contribution in [1.82, 2.24) is 26.6 Å². The summed E-state index contributed by atoms with van der Waals surface area (Å²) in [5.41, 5.74) is -0.756. The van der Waals surface area contributed by atoms with E-state index in [-0.39, 0.29) is 126 Å². The second-order valence-corrected chi connectivity index (χ2v) is 17.8. The fourth-order valence-electron chi connectivity index (χ4n) is 5.61. The highest BCUT2D eigenvalue weighted by molar-refractivity contribution is 9.09. The zero-order valence-corrected chi connectivity index (χ0v) is 39.7. The summed E-state index contributed by atoms with van der Waals surface area (Å²) in [6.45, 7) is 7.32. The van der Waals surface area contributed by atoms with Crippen LogP contribution in [-0.2, 0) is 62.6 Å². The molecule has 0 saturated carbocycles. The molecule has 6 N–H and O–H groups in total.